The first-order valence-electron chi connectivity index (χ1n) is 7.94. The number of hydrogen-bond acceptors (Lipinski definition) is 3. The molecule has 0 bridgehead atoms. The highest BCUT2D eigenvalue weighted by Crippen LogP contribution is 2.36. The van der Waals surface area contributed by atoms with Gasteiger partial charge in [0.2, 0.25) is 0 Å². The van der Waals surface area contributed by atoms with Gasteiger partial charge in [-0.3, -0.25) is 4.98 Å². The normalized spacial score (nSPS) is 12.9. The van der Waals surface area contributed by atoms with Gasteiger partial charge in [0.1, 0.15) is 0 Å². The van der Waals surface area contributed by atoms with Crippen LogP contribution < -0.4 is 0 Å². The van der Waals surface area contributed by atoms with E-state index in [0.29, 0.717) is 5.56 Å². The van der Waals surface area contributed by atoms with Gasteiger partial charge in [0.05, 0.1) is 23.4 Å². The second-order valence-corrected chi connectivity index (χ2v) is 9.43. The van der Waals surface area contributed by atoms with E-state index < -0.39 is 9.04 Å². The van der Waals surface area contributed by atoms with Crippen molar-refractivity contribution in [1.82, 2.24) is 4.98 Å². The highest BCUT2D eigenvalue weighted by molar-refractivity contribution is 6.48. The number of rotatable bonds is 4. The van der Waals surface area contributed by atoms with E-state index in [1.165, 1.54) is 0 Å². The van der Waals surface area contributed by atoms with Crippen LogP contribution in [0, 0.1) is 16.7 Å². The maximum absolute atomic E-state index is 9.24. The standard InChI is InChI=1S/C19H24N2OSi/c1-19(2,3)18(22-23(4)5)15-10-11-17(21-13-15)16-9-7-6-8-14(16)12-20/h6-11,13,18,23H,1-5H3. The summed E-state index contributed by atoms with van der Waals surface area (Å²) in [6.45, 7) is 10.9. The molecule has 0 saturated carbocycles. The molecule has 0 spiro atoms. The first-order chi connectivity index (χ1) is 10.8. The minimum Gasteiger partial charge on any atom is -0.413 e. The molecule has 1 atom stereocenters. The molecule has 0 fully saturated rings. The van der Waals surface area contributed by atoms with Crippen molar-refractivity contribution in [1.29, 1.82) is 5.26 Å². The minimum absolute atomic E-state index is 0.0189. The van der Waals surface area contributed by atoms with Crippen molar-refractivity contribution in [3.63, 3.8) is 0 Å². The number of hydrogen-bond donors (Lipinski definition) is 0. The average Bonchev–Trinajstić information content (AvgIpc) is 2.51. The van der Waals surface area contributed by atoms with Crippen LogP contribution in [0.5, 0.6) is 0 Å². The number of pyridine rings is 1. The molecule has 0 aliphatic heterocycles. The van der Waals surface area contributed by atoms with Crippen LogP contribution in [-0.2, 0) is 4.43 Å². The molecule has 23 heavy (non-hydrogen) atoms. The maximum atomic E-state index is 9.24. The van der Waals surface area contributed by atoms with E-state index in [4.69, 9.17) is 4.43 Å². The Morgan fingerprint density at radius 2 is 1.83 bits per heavy atom. The molecular weight excluding hydrogens is 300 g/mol. The van der Waals surface area contributed by atoms with Gasteiger partial charge in [0.15, 0.2) is 9.04 Å². The maximum Gasteiger partial charge on any atom is 0.171 e. The number of aromatic nitrogens is 1. The van der Waals surface area contributed by atoms with Crippen molar-refractivity contribution in [2.45, 2.75) is 40.0 Å². The van der Waals surface area contributed by atoms with E-state index in [2.05, 4.69) is 51.0 Å². The third kappa shape index (κ3) is 4.28. The highest BCUT2D eigenvalue weighted by atomic mass is 28.3. The third-order valence-electron chi connectivity index (χ3n) is 3.61. The zero-order valence-electron chi connectivity index (χ0n) is 14.5. The Morgan fingerprint density at radius 1 is 1.13 bits per heavy atom. The smallest absolute Gasteiger partial charge is 0.171 e. The van der Waals surface area contributed by atoms with Crippen molar-refractivity contribution in [3.05, 3.63) is 53.7 Å². The summed E-state index contributed by atoms with van der Waals surface area (Å²) in [5, 5.41) is 9.24. The summed E-state index contributed by atoms with van der Waals surface area (Å²) >= 11 is 0. The quantitative estimate of drug-likeness (QED) is 0.765. The Kier molecular flexibility index (Phi) is 5.35. The van der Waals surface area contributed by atoms with Gasteiger partial charge >= 0.3 is 0 Å². The SMILES string of the molecule is C[SiH](C)OC(c1ccc(-c2ccccc2C#N)nc1)C(C)(C)C. The number of nitrogens with zero attached hydrogens (tertiary/aromatic N) is 2. The molecular formula is C19H24N2OSi. The molecule has 120 valence electrons. The van der Waals surface area contributed by atoms with Gasteiger partial charge < -0.3 is 4.43 Å². The molecule has 1 aromatic heterocycles. The molecule has 0 radical (unpaired) electrons. The van der Waals surface area contributed by atoms with Crippen LogP contribution >= 0.6 is 0 Å². The lowest BCUT2D eigenvalue weighted by molar-refractivity contribution is 0.0863. The Labute approximate surface area is 140 Å². The lowest BCUT2D eigenvalue weighted by atomic mass is 9.85. The van der Waals surface area contributed by atoms with Gasteiger partial charge in [0.25, 0.3) is 0 Å². The van der Waals surface area contributed by atoms with E-state index in [1.807, 2.05) is 36.5 Å². The van der Waals surface area contributed by atoms with Crippen LogP contribution in [0.25, 0.3) is 11.3 Å². The van der Waals surface area contributed by atoms with Crippen LogP contribution in [0.4, 0.5) is 0 Å². The molecule has 0 amide bonds. The summed E-state index contributed by atoms with van der Waals surface area (Å²) in [7, 11) is -1.15. The molecule has 0 aliphatic carbocycles. The van der Waals surface area contributed by atoms with Gasteiger partial charge in [-0.15, -0.1) is 0 Å². The molecule has 2 aromatic rings. The molecule has 1 aromatic carbocycles. The monoisotopic (exact) mass is 324 g/mol. The molecule has 4 heteroatoms. The van der Waals surface area contributed by atoms with Gasteiger partial charge in [-0.25, -0.2) is 0 Å². The van der Waals surface area contributed by atoms with E-state index in [0.717, 1.165) is 16.8 Å². The lowest BCUT2D eigenvalue weighted by Gasteiger charge is -2.32. The van der Waals surface area contributed by atoms with Crippen LogP contribution in [0.2, 0.25) is 13.1 Å². The van der Waals surface area contributed by atoms with Crippen molar-refractivity contribution in [2.75, 3.05) is 0 Å². The second-order valence-electron chi connectivity index (χ2n) is 7.07. The lowest BCUT2D eigenvalue weighted by Crippen LogP contribution is -2.26. The predicted octanol–water partition coefficient (Wildman–Crippen LogP) is 4.71. The Bertz CT molecular complexity index is 697. The summed E-state index contributed by atoms with van der Waals surface area (Å²) in [4.78, 5) is 4.58. The summed E-state index contributed by atoms with van der Waals surface area (Å²) in [5.41, 5.74) is 3.45. The van der Waals surface area contributed by atoms with Gasteiger partial charge in [-0.2, -0.15) is 5.26 Å². The minimum atomic E-state index is -1.15. The first kappa shape index (κ1) is 17.4. The molecule has 0 aliphatic rings. The van der Waals surface area contributed by atoms with Crippen molar-refractivity contribution < 1.29 is 4.43 Å². The van der Waals surface area contributed by atoms with Gasteiger partial charge in [0, 0.05) is 11.8 Å². The number of nitriles is 1. The fraction of sp³-hybridized carbons (Fsp3) is 0.368. The molecule has 3 nitrogen and oxygen atoms in total. The summed E-state index contributed by atoms with van der Waals surface area (Å²) in [6.07, 6.45) is 1.93. The predicted molar refractivity (Wildman–Crippen MR) is 96.5 cm³/mol. The number of benzene rings is 1. The largest absolute Gasteiger partial charge is 0.413 e. The Hall–Kier alpha value is -1.96. The molecule has 0 saturated heterocycles. The summed E-state index contributed by atoms with van der Waals surface area (Å²) < 4.78 is 6.24. The van der Waals surface area contributed by atoms with E-state index in [-0.39, 0.29) is 11.5 Å². The Balaban J connectivity index is 2.36. The van der Waals surface area contributed by atoms with Crippen LogP contribution in [0.3, 0.4) is 0 Å². The summed E-state index contributed by atoms with van der Waals surface area (Å²) in [5.74, 6) is 0. The van der Waals surface area contributed by atoms with Gasteiger partial charge in [-0.05, 0) is 36.2 Å². The van der Waals surface area contributed by atoms with Crippen LogP contribution in [0.1, 0.15) is 38.0 Å². The van der Waals surface area contributed by atoms with Crippen LogP contribution in [-0.4, -0.2) is 14.0 Å². The highest BCUT2D eigenvalue weighted by Gasteiger charge is 2.28. The average molecular weight is 325 g/mol. The third-order valence-corrected chi connectivity index (χ3v) is 4.42. The topological polar surface area (TPSA) is 45.9 Å². The second kappa shape index (κ2) is 7.07. The fourth-order valence-electron chi connectivity index (χ4n) is 2.58. The van der Waals surface area contributed by atoms with Crippen molar-refractivity contribution in [3.8, 4) is 17.3 Å². The van der Waals surface area contributed by atoms with E-state index >= 15 is 0 Å². The van der Waals surface area contributed by atoms with Crippen LogP contribution in [0.15, 0.2) is 42.6 Å². The van der Waals surface area contributed by atoms with E-state index in [9.17, 15) is 5.26 Å². The Morgan fingerprint density at radius 3 is 2.35 bits per heavy atom. The molecule has 0 N–H and O–H groups in total. The fourth-order valence-corrected chi connectivity index (χ4v) is 3.69. The summed E-state index contributed by atoms with van der Waals surface area (Å²) in [6, 6.07) is 13.8. The van der Waals surface area contributed by atoms with Crippen molar-refractivity contribution >= 4 is 9.04 Å². The van der Waals surface area contributed by atoms with Crippen molar-refractivity contribution in [2.24, 2.45) is 5.41 Å². The molecule has 2 rings (SSSR count). The zero-order chi connectivity index (χ0) is 17.0. The molecule has 1 unspecified atom stereocenters. The first-order valence-corrected chi connectivity index (χ1v) is 10.7. The van der Waals surface area contributed by atoms with E-state index in [1.54, 1.807) is 0 Å². The van der Waals surface area contributed by atoms with Gasteiger partial charge in [-0.1, -0.05) is 45.0 Å². The molecule has 1 heterocycles. The zero-order valence-corrected chi connectivity index (χ0v) is 15.7.